The minimum absolute atomic E-state index is 0.0337. The van der Waals surface area contributed by atoms with Crippen molar-refractivity contribution in [2.24, 2.45) is 0 Å². The van der Waals surface area contributed by atoms with E-state index in [-0.39, 0.29) is 11.9 Å². The predicted molar refractivity (Wildman–Crippen MR) is 107 cm³/mol. The molecule has 29 heavy (non-hydrogen) atoms. The molecule has 152 valence electrons. The number of likely N-dealkylation sites (tertiary alicyclic amines) is 1. The van der Waals surface area contributed by atoms with Crippen molar-refractivity contribution in [1.82, 2.24) is 20.2 Å². The van der Waals surface area contributed by atoms with Gasteiger partial charge in [0, 0.05) is 43.5 Å². The van der Waals surface area contributed by atoms with Gasteiger partial charge in [0.05, 0.1) is 12.5 Å². The fraction of sp³-hybridized carbons (Fsp3) is 0.500. The maximum absolute atomic E-state index is 13.2. The number of rotatable bonds is 3. The van der Waals surface area contributed by atoms with Crippen molar-refractivity contribution in [1.29, 1.82) is 0 Å². The number of amides is 1. The number of ether oxygens (including phenoxy) is 2. The quantitative estimate of drug-likeness (QED) is 0.860. The zero-order valence-corrected chi connectivity index (χ0v) is 16.5. The molecule has 7 nitrogen and oxygen atoms in total. The lowest BCUT2D eigenvalue weighted by molar-refractivity contribution is -0.134. The molecular weight excluding hydrogens is 368 g/mol. The molecule has 0 spiro atoms. The molecule has 0 unspecified atom stereocenters. The van der Waals surface area contributed by atoms with Gasteiger partial charge < -0.3 is 19.7 Å². The standard InChI is InChI=1S/C22H26N4O3/c27-21(12-15-4-5-19-20(11-15)29-10-9-28-19)26-8-2-1-3-18(26)22-24-14-16-13-23-7-6-17(16)25-22/h4-5,11,14,18,23H,1-3,6-10,12-13H2/t18-/m0/s1. The van der Waals surface area contributed by atoms with Gasteiger partial charge in [0.15, 0.2) is 17.3 Å². The number of carbonyl (C=O) groups is 1. The van der Waals surface area contributed by atoms with Crippen molar-refractivity contribution in [2.45, 2.75) is 44.7 Å². The van der Waals surface area contributed by atoms with Crippen LogP contribution in [0.5, 0.6) is 11.5 Å². The summed E-state index contributed by atoms with van der Waals surface area (Å²) in [5, 5.41) is 3.35. The van der Waals surface area contributed by atoms with Crippen LogP contribution in [0.25, 0.3) is 0 Å². The van der Waals surface area contributed by atoms with Crippen molar-refractivity contribution in [3.63, 3.8) is 0 Å². The van der Waals surface area contributed by atoms with Crippen molar-refractivity contribution < 1.29 is 14.3 Å². The van der Waals surface area contributed by atoms with E-state index in [9.17, 15) is 4.79 Å². The second-order valence-electron chi connectivity index (χ2n) is 7.88. The Bertz CT molecular complexity index is 917. The van der Waals surface area contributed by atoms with Crippen LogP contribution in [-0.4, -0.2) is 47.1 Å². The Balaban J connectivity index is 1.35. The first-order chi connectivity index (χ1) is 14.3. The molecule has 1 saturated heterocycles. The van der Waals surface area contributed by atoms with Gasteiger partial charge in [0.2, 0.25) is 5.91 Å². The van der Waals surface area contributed by atoms with E-state index in [4.69, 9.17) is 14.5 Å². The molecule has 4 heterocycles. The SMILES string of the molecule is O=C(Cc1ccc2c(c1)OCCO2)N1CCCC[C@H]1c1ncc2c(n1)CCNC2. The lowest BCUT2D eigenvalue weighted by atomic mass is 9.99. The summed E-state index contributed by atoms with van der Waals surface area (Å²) in [4.78, 5) is 24.7. The van der Waals surface area contributed by atoms with Gasteiger partial charge >= 0.3 is 0 Å². The Morgan fingerprint density at radius 2 is 2.10 bits per heavy atom. The minimum atomic E-state index is -0.0337. The Morgan fingerprint density at radius 3 is 3.03 bits per heavy atom. The van der Waals surface area contributed by atoms with Gasteiger partial charge in [-0.2, -0.15) is 0 Å². The summed E-state index contributed by atoms with van der Waals surface area (Å²) in [6, 6.07) is 5.74. The fourth-order valence-electron chi connectivity index (χ4n) is 4.38. The summed E-state index contributed by atoms with van der Waals surface area (Å²) < 4.78 is 11.2. The summed E-state index contributed by atoms with van der Waals surface area (Å²) in [7, 11) is 0. The van der Waals surface area contributed by atoms with E-state index < -0.39 is 0 Å². The van der Waals surface area contributed by atoms with E-state index in [1.807, 2.05) is 29.3 Å². The number of piperidine rings is 1. The summed E-state index contributed by atoms with van der Waals surface area (Å²) in [6.07, 6.45) is 6.25. The molecule has 3 aliphatic rings. The highest BCUT2D eigenvalue weighted by Crippen LogP contribution is 2.33. The zero-order valence-electron chi connectivity index (χ0n) is 16.5. The lowest BCUT2D eigenvalue weighted by Crippen LogP contribution is -2.40. The fourth-order valence-corrected chi connectivity index (χ4v) is 4.38. The van der Waals surface area contributed by atoms with Crippen LogP contribution < -0.4 is 14.8 Å². The number of benzene rings is 1. The van der Waals surface area contributed by atoms with Crippen molar-refractivity contribution in [3.8, 4) is 11.5 Å². The average molecular weight is 394 g/mol. The Kier molecular flexibility index (Phi) is 5.06. The highest BCUT2D eigenvalue weighted by molar-refractivity contribution is 5.79. The molecule has 0 aliphatic carbocycles. The molecule has 7 heteroatoms. The summed E-state index contributed by atoms with van der Waals surface area (Å²) >= 11 is 0. The molecule has 0 bridgehead atoms. The molecule has 0 saturated carbocycles. The Labute approximate surface area is 170 Å². The van der Waals surface area contributed by atoms with Crippen LogP contribution in [0.15, 0.2) is 24.4 Å². The first-order valence-electron chi connectivity index (χ1n) is 10.5. The number of carbonyl (C=O) groups excluding carboxylic acids is 1. The van der Waals surface area contributed by atoms with Crippen LogP contribution in [0.3, 0.4) is 0 Å². The maximum atomic E-state index is 13.2. The largest absolute Gasteiger partial charge is 0.486 e. The van der Waals surface area contributed by atoms with Crippen molar-refractivity contribution >= 4 is 5.91 Å². The molecule has 1 aromatic carbocycles. The van der Waals surface area contributed by atoms with E-state index in [1.54, 1.807) is 0 Å². The van der Waals surface area contributed by atoms with E-state index in [0.29, 0.717) is 19.6 Å². The van der Waals surface area contributed by atoms with Gasteiger partial charge in [-0.15, -0.1) is 0 Å². The first-order valence-corrected chi connectivity index (χ1v) is 10.5. The molecular formula is C22H26N4O3. The van der Waals surface area contributed by atoms with Gasteiger partial charge in [-0.25, -0.2) is 9.97 Å². The minimum Gasteiger partial charge on any atom is -0.486 e. The van der Waals surface area contributed by atoms with Crippen molar-refractivity contribution in [3.05, 3.63) is 47.0 Å². The van der Waals surface area contributed by atoms with Crippen LogP contribution >= 0.6 is 0 Å². The number of hydrogen-bond donors (Lipinski definition) is 1. The smallest absolute Gasteiger partial charge is 0.227 e. The van der Waals surface area contributed by atoms with E-state index >= 15 is 0 Å². The third-order valence-corrected chi connectivity index (χ3v) is 5.91. The van der Waals surface area contributed by atoms with Gasteiger partial charge in [-0.05, 0) is 37.0 Å². The van der Waals surface area contributed by atoms with E-state index in [1.165, 1.54) is 5.56 Å². The van der Waals surface area contributed by atoms with Gasteiger partial charge in [0.1, 0.15) is 13.2 Å². The molecule has 2 aromatic rings. The van der Waals surface area contributed by atoms with Crippen LogP contribution in [-0.2, 0) is 24.2 Å². The molecule has 0 radical (unpaired) electrons. The number of fused-ring (bicyclic) bond motifs is 2. The van der Waals surface area contributed by atoms with Crippen LogP contribution in [0.2, 0.25) is 0 Å². The Morgan fingerprint density at radius 1 is 1.21 bits per heavy atom. The lowest BCUT2D eigenvalue weighted by Gasteiger charge is -2.35. The van der Waals surface area contributed by atoms with Gasteiger partial charge in [-0.3, -0.25) is 4.79 Å². The third kappa shape index (κ3) is 3.79. The first kappa shape index (κ1) is 18.4. The number of aromatic nitrogens is 2. The van der Waals surface area contributed by atoms with Gasteiger partial charge in [0.25, 0.3) is 0 Å². The Hall–Kier alpha value is -2.67. The van der Waals surface area contributed by atoms with E-state index in [2.05, 4.69) is 10.3 Å². The van der Waals surface area contributed by atoms with E-state index in [0.717, 1.165) is 73.9 Å². The second-order valence-corrected chi connectivity index (χ2v) is 7.88. The van der Waals surface area contributed by atoms with Crippen LogP contribution in [0.1, 0.15) is 47.9 Å². The van der Waals surface area contributed by atoms with Crippen molar-refractivity contribution in [2.75, 3.05) is 26.3 Å². The monoisotopic (exact) mass is 394 g/mol. The molecule has 5 rings (SSSR count). The maximum Gasteiger partial charge on any atom is 0.227 e. The topological polar surface area (TPSA) is 76.6 Å². The average Bonchev–Trinajstić information content (AvgIpc) is 2.78. The van der Waals surface area contributed by atoms with Crippen LogP contribution in [0, 0.1) is 0 Å². The molecule has 1 N–H and O–H groups in total. The highest BCUT2D eigenvalue weighted by atomic mass is 16.6. The summed E-state index contributed by atoms with van der Waals surface area (Å²) in [5.74, 6) is 2.39. The third-order valence-electron chi connectivity index (χ3n) is 5.91. The molecule has 1 amide bonds. The number of hydrogen-bond acceptors (Lipinski definition) is 6. The molecule has 1 fully saturated rings. The summed E-state index contributed by atoms with van der Waals surface area (Å²) in [6.45, 7) is 3.64. The van der Waals surface area contributed by atoms with Crippen LogP contribution in [0.4, 0.5) is 0 Å². The molecule has 3 aliphatic heterocycles. The number of nitrogens with zero attached hydrogens (tertiary/aromatic N) is 3. The number of nitrogens with one attached hydrogen (secondary N) is 1. The predicted octanol–water partition coefficient (Wildman–Crippen LogP) is 2.19. The highest BCUT2D eigenvalue weighted by Gasteiger charge is 2.30. The van der Waals surface area contributed by atoms with Gasteiger partial charge in [-0.1, -0.05) is 6.07 Å². The molecule has 1 aromatic heterocycles. The zero-order chi connectivity index (χ0) is 19.6. The summed E-state index contributed by atoms with van der Waals surface area (Å²) in [5.41, 5.74) is 3.24. The second kappa shape index (κ2) is 7.99. The normalized spacial score (nSPS) is 20.8. The molecule has 1 atom stereocenters.